The van der Waals surface area contributed by atoms with E-state index in [1.165, 1.54) is 11.6 Å². The van der Waals surface area contributed by atoms with E-state index in [0.29, 0.717) is 33.1 Å². The molecule has 0 spiro atoms. The molecule has 0 saturated heterocycles. The van der Waals surface area contributed by atoms with Gasteiger partial charge < -0.3 is 9.30 Å². The molecule has 0 N–H and O–H groups in total. The number of ether oxygens (including phenoxy) is 1. The zero-order chi connectivity index (χ0) is 24.4. The first-order valence-corrected chi connectivity index (χ1v) is 11.7. The van der Waals surface area contributed by atoms with E-state index < -0.39 is 11.8 Å². The molecular weight excluding hydrogens is 462 g/mol. The quantitative estimate of drug-likeness (QED) is 0.349. The lowest BCUT2D eigenvalue weighted by molar-refractivity contribution is 0.229. The zero-order valence-electron chi connectivity index (χ0n) is 19.4. The van der Waals surface area contributed by atoms with Crippen LogP contribution in [0.1, 0.15) is 22.9 Å². The lowest BCUT2D eigenvalue weighted by Crippen LogP contribution is -2.37. The number of hydrogen-bond donors (Lipinski definition) is 0. The molecule has 0 saturated carbocycles. The molecule has 0 aliphatic carbocycles. The van der Waals surface area contributed by atoms with Crippen LogP contribution in [0.3, 0.4) is 0 Å². The maximum atomic E-state index is 13.7. The largest absolute Gasteiger partial charge is 0.477 e. The molecule has 2 aromatic heterocycles. The second-order valence-electron chi connectivity index (χ2n) is 8.89. The van der Waals surface area contributed by atoms with Gasteiger partial charge in [-0.05, 0) is 36.2 Å². The van der Waals surface area contributed by atoms with Crippen LogP contribution in [0.4, 0.5) is 0 Å². The summed E-state index contributed by atoms with van der Waals surface area (Å²) >= 11 is 6.44. The molecule has 6 rings (SSSR count). The number of fused-ring (bicyclic) bond motifs is 5. The molecule has 0 unspecified atom stereocenters. The summed E-state index contributed by atoms with van der Waals surface area (Å²) in [5.41, 5.74) is 4.84. The fourth-order valence-electron chi connectivity index (χ4n) is 4.97. The van der Waals surface area contributed by atoms with Crippen molar-refractivity contribution in [1.29, 1.82) is 0 Å². The van der Waals surface area contributed by atoms with E-state index in [4.69, 9.17) is 16.3 Å². The fourth-order valence-corrected chi connectivity index (χ4v) is 5.14. The Balaban J connectivity index is 1.88. The predicted octanol–water partition coefficient (Wildman–Crippen LogP) is 5.14. The van der Waals surface area contributed by atoms with Crippen LogP contribution in [0, 0.1) is 6.92 Å². The Hall–Kier alpha value is -4.03. The van der Waals surface area contributed by atoms with Gasteiger partial charge in [0.25, 0.3) is 5.56 Å². The van der Waals surface area contributed by atoms with E-state index in [9.17, 15) is 9.59 Å². The Morgan fingerprint density at radius 3 is 2.31 bits per heavy atom. The van der Waals surface area contributed by atoms with Crippen molar-refractivity contribution >= 4 is 22.5 Å². The van der Waals surface area contributed by atoms with Gasteiger partial charge in [0.05, 0.1) is 28.0 Å². The van der Waals surface area contributed by atoms with Crippen molar-refractivity contribution in [2.45, 2.75) is 13.0 Å². The molecule has 5 aromatic rings. The highest BCUT2D eigenvalue weighted by molar-refractivity contribution is 6.30. The summed E-state index contributed by atoms with van der Waals surface area (Å²) in [4.78, 5) is 26.7. The summed E-state index contributed by atoms with van der Waals surface area (Å²) in [7, 11) is 3.20. The smallest absolute Gasteiger partial charge is 0.331 e. The molecule has 3 heterocycles. The van der Waals surface area contributed by atoms with Gasteiger partial charge in [-0.3, -0.25) is 13.9 Å². The lowest BCUT2D eigenvalue weighted by atomic mass is 10.0. The Morgan fingerprint density at radius 2 is 1.60 bits per heavy atom. The molecule has 35 heavy (non-hydrogen) atoms. The standard InChI is InChI=1S/C28H22ClN3O3/c1-16-9-11-17(12-10-16)23-22-24(30(2)28(34)31(3)27(22)33)25-26(18-7-5-4-6-8-18)35-21-14-13-19(29)15-20(21)32(23)25/h4-15,26H,1-3H3/t26-/m1/s1. The van der Waals surface area contributed by atoms with Crippen LogP contribution >= 0.6 is 11.6 Å². The summed E-state index contributed by atoms with van der Waals surface area (Å²) in [6, 6.07) is 23.3. The van der Waals surface area contributed by atoms with Crippen LogP contribution in [0.5, 0.6) is 5.75 Å². The molecule has 0 fully saturated rings. The van der Waals surface area contributed by atoms with Crippen molar-refractivity contribution in [3.63, 3.8) is 0 Å². The van der Waals surface area contributed by atoms with Gasteiger partial charge in [0.1, 0.15) is 5.75 Å². The second kappa shape index (κ2) is 7.75. The first-order valence-electron chi connectivity index (χ1n) is 11.3. The topological polar surface area (TPSA) is 58.2 Å². The van der Waals surface area contributed by atoms with E-state index >= 15 is 0 Å². The number of aromatic nitrogens is 3. The molecule has 0 bridgehead atoms. The van der Waals surface area contributed by atoms with Gasteiger partial charge >= 0.3 is 5.69 Å². The molecule has 1 aliphatic rings. The minimum atomic E-state index is -0.538. The molecule has 0 radical (unpaired) electrons. The Bertz CT molecular complexity index is 1750. The van der Waals surface area contributed by atoms with Gasteiger partial charge in [-0.1, -0.05) is 71.8 Å². The van der Waals surface area contributed by atoms with Crippen LogP contribution in [-0.4, -0.2) is 13.7 Å². The Morgan fingerprint density at radius 1 is 0.886 bits per heavy atom. The van der Waals surface area contributed by atoms with Crippen molar-refractivity contribution < 1.29 is 4.74 Å². The summed E-state index contributed by atoms with van der Waals surface area (Å²) in [5, 5.41) is 1.01. The van der Waals surface area contributed by atoms with E-state index in [1.54, 1.807) is 13.1 Å². The molecule has 174 valence electrons. The van der Waals surface area contributed by atoms with Crippen LogP contribution in [0.25, 0.3) is 27.8 Å². The molecule has 6 nitrogen and oxygen atoms in total. The fraction of sp³-hybridized carbons (Fsp3) is 0.143. The third-order valence-electron chi connectivity index (χ3n) is 6.69. The number of rotatable bonds is 2. The zero-order valence-corrected chi connectivity index (χ0v) is 20.2. The maximum absolute atomic E-state index is 13.7. The molecule has 0 amide bonds. The van der Waals surface area contributed by atoms with E-state index in [-0.39, 0.29) is 5.56 Å². The summed E-state index contributed by atoms with van der Waals surface area (Å²) in [6.45, 7) is 2.02. The van der Waals surface area contributed by atoms with Crippen LogP contribution in [-0.2, 0) is 14.1 Å². The van der Waals surface area contributed by atoms with Gasteiger partial charge in [0.2, 0.25) is 0 Å². The van der Waals surface area contributed by atoms with Crippen LogP contribution in [0.15, 0.2) is 82.4 Å². The molecule has 1 aliphatic heterocycles. The van der Waals surface area contributed by atoms with Crippen LogP contribution < -0.4 is 16.0 Å². The molecule has 7 heteroatoms. The van der Waals surface area contributed by atoms with Gasteiger partial charge in [0, 0.05) is 19.1 Å². The highest BCUT2D eigenvalue weighted by Crippen LogP contribution is 2.47. The van der Waals surface area contributed by atoms with E-state index in [1.807, 2.05) is 78.2 Å². The second-order valence-corrected chi connectivity index (χ2v) is 9.32. The third-order valence-corrected chi connectivity index (χ3v) is 6.93. The van der Waals surface area contributed by atoms with Crippen LogP contribution in [0.2, 0.25) is 5.02 Å². The average molecular weight is 484 g/mol. The van der Waals surface area contributed by atoms with Gasteiger partial charge in [-0.25, -0.2) is 4.79 Å². The molecular formula is C28H22ClN3O3. The number of nitrogens with zero attached hydrogens (tertiary/aromatic N) is 3. The first kappa shape index (κ1) is 21.5. The Kier molecular flexibility index (Phi) is 4.76. The minimum Gasteiger partial charge on any atom is -0.477 e. The third kappa shape index (κ3) is 3.10. The minimum absolute atomic E-state index is 0.351. The van der Waals surface area contributed by atoms with Crippen molar-refractivity contribution in [1.82, 2.24) is 13.7 Å². The lowest BCUT2D eigenvalue weighted by Gasteiger charge is -2.30. The Labute approximate surface area is 206 Å². The van der Waals surface area contributed by atoms with Crippen molar-refractivity contribution in [2.24, 2.45) is 14.1 Å². The van der Waals surface area contributed by atoms with Gasteiger partial charge in [-0.15, -0.1) is 0 Å². The van der Waals surface area contributed by atoms with Gasteiger partial charge in [-0.2, -0.15) is 0 Å². The number of aryl methyl sites for hydroxylation is 2. The molecule has 3 aromatic carbocycles. The van der Waals surface area contributed by atoms with Crippen molar-refractivity contribution in [3.05, 3.63) is 115 Å². The predicted molar refractivity (Wildman–Crippen MR) is 138 cm³/mol. The normalized spacial score (nSPS) is 14.5. The highest BCUT2D eigenvalue weighted by atomic mass is 35.5. The summed E-state index contributed by atoms with van der Waals surface area (Å²) in [5.74, 6) is 0.645. The van der Waals surface area contributed by atoms with Crippen molar-refractivity contribution in [2.75, 3.05) is 0 Å². The monoisotopic (exact) mass is 483 g/mol. The highest BCUT2D eigenvalue weighted by Gasteiger charge is 2.36. The van der Waals surface area contributed by atoms with E-state index in [2.05, 4.69) is 0 Å². The summed E-state index contributed by atoms with van der Waals surface area (Å²) in [6.07, 6.45) is -0.538. The average Bonchev–Trinajstić information content (AvgIpc) is 3.23. The van der Waals surface area contributed by atoms with Gasteiger partial charge in [0.15, 0.2) is 6.10 Å². The number of halogens is 1. The maximum Gasteiger partial charge on any atom is 0.331 e. The SMILES string of the molecule is Cc1ccc(-c2c3c(=O)n(C)c(=O)n(C)c3c3n2-c2cc(Cl)ccc2O[C@@H]3c2ccccc2)cc1. The molecule has 1 atom stereocenters. The summed E-state index contributed by atoms with van der Waals surface area (Å²) < 4.78 is 11.3. The van der Waals surface area contributed by atoms with E-state index in [0.717, 1.165) is 26.9 Å². The first-order chi connectivity index (χ1) is 16.9. The number of benzene rings is 3. The number of hydrogen-bond acceptors (Lipinski definition) is 3. The van der Waals surface area contributed by atoms with Crippen molar-refractivity contribution in [3.8, 4) is 22.7 Å².